The number of carboxylic acids is 1. The number of fused-ring (bicyclic) bond motifs is 2. The highest BCUT2D eigenvalue weighted by atomic mass is 35.5. The second-order valence-corrected chi connectivity index (χ2v) is 8.00. The minimum Gasteiger partial charge on any atom is -0.480 e. The molecule has 2 N–H and O–H groups in total. The van der Waals surface area contributed by atoms with Gasteiger partial charge in [0.05, 0.1) is 5.02 Å². The fourth-order valence-electron chi connectivity index (χ4n) is 3.24. The van der Waals surface area contributed by atoms with Gasteiger partial charge in [0.25, 0.3) is 0 Å². The first-order valence-electron chi connectivity index (χ1n) is 8.97. The molecule has 1 amide bonds. The number of carboxylic acid groups (broad SMARTS) is 1. The number of hydrogen-bond donors (Lipinski definition) is 2. The molecule has 146 valence electrons. The number of benzene rings is 3. The van der Waals surface area contributed by atoms with E-state index in [0.717, 1.165) is 27.1 Å². The van der Waals surface area contributed by atoms with Crippen LogP contribution in [0.1, 0.15) is 26.3 Å². The summed E-state index contributed by atoms with van der Waals surface area (Å²) >= 11 is 6.60. The average Bonchev–Trinajstić information content (AvgIpc) is 2.62. The van der Waals surface area contributed by atoms with E-state index in [1.54, 1.807) is 20.8 Å². The number of carbonyl (C=O) groups excluding carboxylic acids is 1. The highest BCUT2D eigenvalue weighted by Crippen LogP contribution is 2.36. The topological polar surface area (TPSA) is 75.6 Å². The zero-order valence-electron chi connectivity index (χ0n) is 16.0. The molecule has 0 saturated carbocycles. The van der Waals surface area contributed by atoms with Crippen LogP contribution in [0.4, 0.5) is 4.79 Å². The number of aliphatic carboxylic acids is 1. The van der Waals surface area contributed by atoms with E-state index >= 15 is 0 Å². The van der Waals surface area contributed by atoms with E-state index in [1.807, 2.05) is 48.5 Å². The van der Waals surface area contributed by atoms with Crippen LogP contribution in [-0.2, 0) is 16.0 Å². The Labute approximate surface area is 168 Å². The fraction of sp³-hybridized carbons (Fsp3) is 0.273. The Morgan fingerprint density at radius 2 is 1.46 bits per heavy atom. The summed E-state index contributed by atoms with van der Waals surface area (Å²) in [6.07, 6.45) is -0.658. The Balaban J connectivity index is 2.07. The molecule has 5 nitrogen and oxygen atoms in total. The highest BCUT2D eigenvalue weighted by molar-refractivity contribution is 6.41. The summed E-state index contributed by atoms with van der Waals surface area (Å²) in [6.45, 7) is 5.17. The molecular weight excluding hydrogens is 378 g/mol. The monoisotopic (exact) mass is 399 g/mol. The first-order chi connectivity index (χ1) is 13.2. The van der Waals surface area contributed by atoms with Gasteiger partial charge in [-0.05, 0) is 37.1 Å². The van der Waals surface area contributed by atoms with E-state index in [2.05, 4.69) is 5.32 Å². The number of halogens is 1. The molecule has 0 heterocycles. The van der Waals surface area contributed by atoms with Crippen LogP contribution in [0, 0.1) is 0 Å². The molecule has 3 aromatic carbocycles. The van der Waals surface area contributed by atoms with Crippen molar-refractivity contribution in [3.63, 3.8) is 0 Å². The van der Waals surface area contributed by atoms with Crippen molar-refractivity contribution in [1.29, 1.82) is 0 Å². The van der Waals surface area contributed by atoms with Crippen LogP contribution in [0.15, 0.2) is 48.5 Å². The van der Waals surface area contributed by atoms with Gasteiger partial charge in [0.1, 0.15) is 11.6 Å². The Morgan fingerprint density at radius 3 is 1.89 bits per heavy atom. The molecule has 0 saturated heterocycles. The van der Waals surface area contributed by atoms with Gasteiger partial charge >= 0.3 is 12.1 Å². The SMILES string of the molecule is CC(C)(C)OC(=O)NC(Cc1c2ccccc2c(Cl)c2ccccc12)C(=O)O. The highest BCUT2D eigenvalue weighted by Gasteiger charge is 2.26. The van der Waals surface area contributed by atoms with Crippen LogP contribution >= 0.6 is 11.6 Å². The summed E-state index contributed by atoms with van der Waals surface area (Å²) < 4.78 is 5.22. The van der Waals surface area contributed by atoms with Gasteiger partial charge in [0, 0.05) is 17.2 Å². The average molecular weight is 400 g/mol. The minimum atomic E-state index is -1.14. The van der Waals surface area contributed by atoms with Crippen molar-refractivity contribution in [3.05, 3.63) is 59.1 Å². The maximum Gasteiger partial charge on any atom is 0.408 e. The van der Waals surface area contributed by atoms with Crippen LogP contribution in [0.2, 0.25) is 5.02 Å². The second kappa shape index (κ2) is 7.68. The number of carbonyl (C=O) groups is 2. The molecule has 3 aromatic rings. The molecule has 0 radical (unpaired) electrons. The van der Waals surface area contributed by atoms with Crippen molar-refractivity contribution >= 4 is 45.2 Å². The molecule has 0 aliphatic heterocycles. The lowest BCUT2D eigenvalue weighted by Gasteiger charge is -2.23. The Kier molecular flexibility index (Phi) is 5.47. The van der Waals surface area contributed by atoms with E-state index in [9.17, 15) is 14.7 Å². The summed E-state index contributed by atoms with van der Waals surface area (Å²) in [5.41, 5.74) is 0.103. The largest absolute Gasteiger partial charge is 0.480 e. The zero-order chi connectivity index (χ0) is 20.5. The van der Waals surface area contributed by atoms with Crippen molar-refractivity contribution in [3.8, 4) is 0 Å². The van der Waals surface area contributed by atoms with Crippen LogP contribution in [-0.4, -0.2) is 28.8 Å². The van der Waals surface area contributed by atoms with Gasteiger partial charge in [0.15, 0.2) is 0 Å². The van der Waals surface area contributed by atoms with Gasteiger partial charge in [0.2, 0.25) is 0 Å². The lowest BCUT2D eigenvalue weighted by molar-refractivity contribution is -0.139. The maximum absolute atomic E-state index is 12.1. The molecule has 28 heavy (non-hydrogen) atoms. The van der Waals surface area contributed by atoms with Gasteiger partial charge in [-0.1, -0.05) is 60.1 Å². The molecule has 1 atom stereocenters. The maximum atomic E-state index is 12.1. The number of alkyl carbamates (subject to hydrolysis) is 1. The van der Waals surface area contributed by atoms with Gasteiger partial charge < -0.3 is 15.2 Å². The number of rotatable bonds is 4. The summed E-state index contributed by atoms with van der Waals surface area (Å²) in [4.78, 5) is 24.0. The van der Waals surface area contributed by atoms with Gasteiger partial charge in [-0.25, -0.2) is 9.59 Å². The van der Waals surface area contributed by atoms with Crippen molar-refractivity contribution in [2.75, 3.05) is 0 Å². The number of hydrogen-bond acceptors (Lipinski definition) is 3. The Morgan fingerprint density at radius 1 is 1.00 bits per heavy atom. The van der Waals surface area contributed by atoms with Crippen LogP contribution in [0.25, 0.3) is 21.5 Å². The minimum absolute atomic E-state index is 0.104. The van der Waals surface area contributed by atoms with Crippen LogP contribution < -0.4 is 5.32 Å². The lowest BCUT2D eigenvalue weighted by Crippen LogP contribution is -2.44. The lowest BCUT2D eigenvalue weighted by atomic mass is 9.92. The molecule has 0 aromatic heterocycles. The molecule has 0 spiro atoms. The number of amides is 1. The first kappa shape index (κ1) is 20.0. The summed E-state index contributed by atoms with van der Waals surface area (Å²) in [5, 5.41) is 16.2. The normalized spacial score (nSPS) is 12.7. The summed E-state index contributed by atoms with van der Waals surface area (Å²) in [5.74, 6) is -1.13. The molecule has 0 aliphatic rings. The smallest absolute Gasteiger partial charge is 0.408 e. The van der Waals surface area contributed by atoms with E-state index in [-0.39, 0.29) is 6.42 Å². The van der Waals surface area contributed by atoms with Crippen molar-refractivity contribution < 1.29 is 19.4 Å². The molecule has 1 unspecified atom stereocenters. The standard InChI is InChI=1S/C22H22ClNO4/c1-22(2,3)28-21(27)24-18(20(25)26)12-17-13-8-4-6-10-15(13)19(23)16-11-7-5-9-14(16)17/h4-11,18H,12H2,1-3H3,(H,24,27)(H,25,26). The third-order valence-electron chi connectivity index (χ3n) is 4.37. The third kappa shape index (κ3) is 4.20. The molecule has 6 heteroatoms. The van der Waals surface area contributed by atoms with E-state index in [1.165, 1.54) is 0 Å². The van der Waals surface area contributed by atoms with Gasteiger partial charge in [-0.15, -0.1) is 0 Å². The molecule has 0 aliphatic carbocycles. The van der Waals surface area contributed by atoms with Crippen LogP contribution in [0.5, 0.6) is 0 Å². The number of nitrogens with one attached hydrogen (secondary N) is 1. The Hall–Kier alpha value is -2.79. The van der Waals surface area contributed by atoms with E-state index in [0.29, 0.717) is 5.02 Å². The van der Waals surface area contributed by atoms with Crippen molar-refractivity contribution in [1.82, 2.24) is 5.32 Å². The molecule has 0 bridgehead atoms. The van der Waals surface area contributed by atoms with Crippen LogP contribution in [0.3, 0.4) is 0 Å². The first-order valence-corrected chi connectivity index (χ1v) is 9.35. The quantitative estimate of drug-likeness (QED) is 0.593. The van der Waals surface area contributed by atoms with E-state index < -0.39 is 23.7 Å². The Bertz CT molecular complexity index is 999. The van der Waals surface area contributed by atoms with Gasteiger partial charge in [-0.2, -0.15) is 0 Å². The predicted octanol–water partition coefficient (Wildman–Crippen LogP) is 5.17. The molecule has 0 fully saturated rings. The predicted molar refractivity (Wildman–Crippen MR) is 111 cm³/mol. The third-order valence-corrected chi connectivity index (χ3v) is 4.78. The zero-order valence-corrected chi connectivity index (χ0v) is 16.7. The molecular formula is C22H22ClNO4. The summed E-state index contributed by atoms with van der Waals surface area (Å²) in [7, 11) is 0. The molecule has 3 rings (SSSR count). The second-order valence-electron chi connectivity index (χ2n) is 7.62. The fourth-order valence-corrected chi connectivity index (χ4v) is 3.57. The van der Waals surface area contributed by atoms with Crippen molar-refractivity contribution in [2.45, 2.75) is 38.8 Å². The van der Waals surface area contributed by atoms with E-state index in [4.69, 9.17) is 16.3 Å². The summed E-state index contributed by atoms with van der Waals surface area (Å²) in [6, 6.07) is 14.0. The number of ether oxygens (including phenoxy) is 1. The van der Waals surface area contributed by atoms with Crippen molar-refractivity contribution in [2.24, 2.45) is 0 Å². The van der Waals surface area contributed by atoms with Gasteiger partial charge in [-0.3, -0.25) is 0 Å².